The van der Waals surface area contributed by atoms with Crippen molar-refractivity contribution in [3.8, 4) is 17.2 Å². The average Bonchev–Trinajstić information content (AvgIpc) is 2.73. The molecule has 152 valence electrons. The minimum Gasteiger partial charge on any atom is -0.479 e. The summed E-state index contributed by atoms with van der Waals surface area (Å²) in [6.07, 6.45) is 1.75. The van der Waals surface area contributed by atoms with Gasteiger partial charge in [0.25, 0.3) is 0 Å². The van der Waals surface area contributed by atoms with Gasteiger partial charge in [-0.05, 0) is 53.0 Å². The molecule has 0 spiro atoms. The minimum atomic E-state index is -0.719. The molecule has 0 aliphatic rings. The van der Waals surface area contributed by atoms with Gasteiger partial charge in [0.05, 0.1) is 16.5 Å². The fourth-order valence-electron chi connectivity index (χ4n) is 2.64. The van der Waals surface area contributed by atoms with E-state index in [2.05, 4.69) is 15.9 Å². The van der Waals surface area contributed by atoms with Crippen LogP contribution in [0, 0.1) is 0 Å². The topological polar surface area (TPSA) is 75.0 Å². The molecule has 29 heavy (non-hydrogen) atoms. The summed E-state index contributed by atoms with van der Waals surface area (Å²) < 4.78 is 22.9. The molecule has 1 aromatic heterocycles. The van der Waals surface area contributed by atoms with Crippen molar-refractivity contribution in [2.45, 2.75) is 32.8 Å². The number of ether oxygens (including phenoxy) is 3. The van der Waals surface area contributed by atoms with E-state index in [9.17, 15) is 9.59 Å². The van der Waals surface area contributed by atoms with Gasteiger partial charge >= 0.3 is 5.97 Å². The molecule has 0 saturated carbocycles. The largest absolute Gasteiger partial charge is 0.479 e. The summed E-state index contributed by atoms with van der Waals surface area (Å²) in [7, 11) is 0. The lowest BCUT2D eigenvalue weighted by atomic mass is 10.2. The number of carbonyl (C=O) groups excluding carboxylic acids is 1. The van der Waals surface area contributed by atoms with E-state index in [0.29, 0.717) is 35.5 Å². The van der Waals surface area contributed by atoms with E-state index >= 15 is 0 Å². The lowest BCUT2D eigenvalue weighted by Gasteiger charge is -2.16. The molecule has 0 N–H and O–H groups in total. The quantitative estimate of drug-likeness (QED) is 0.415. The highest BCUT2D eigenvalue weighted by molar-refractivity contribution is 9.10. The molecule has 3 aromatic rings. The first-order valence-corrected chi connectivity index (χ1v) is 10.1. The van der Waals surface area contributed by atoms with Crippen molar-refractivity contribution in [1.82, 2.24) is 0 Å². The number of hydrogen-bond donors (Lipinski definition) is 0. The Morgan fingerprint density at radius 3 is 2.66 bits per heavy atom. The first-order chi connectivity index (χ1) is 14.0. The first kappa shape index (κ1) is 20.9. The van der Waals surface area contributed by atoms with Crippen LogP contribution in [0.4, 0.5) is 0 Å². The van der Waals surface area contributed by atoms with Crippen LogP contribution >= 0.6 is 15.9 Å². The van der Waals surface area contributed by atoms with Gasteiger partial charge in [0.15, 0.2) is 6.10 Å². The van der Waals surface area contributed by atoms with E-state index in [-0.39, 0.29) is 11.2 Å². The first-order valence-electron chi connectivity index (χ1n) is 9.34. The Balaban J connectivity index is 1.83. The Kier molecular flexibility index (Phi) is 6.93. The molecule has 2 aromatic carbocycles. The maximum atomic E-state index is 12.7. The number of benzene rings is 2. The summed E-state index contributed by atoms with van der Waals surface area (Å²) in [6, 6.07) is 12.0. The summed E-state index contributed by atoms with van der Waals surface area (Å²) in [5.41, 5.74) is 0.0340. The smallest absolute Gasteiger partial charge is 0.347 e. The third-order valence-corrected chi connectivity index (χ3v) is 4.79. The van der Waals surface area contributed by atoms with Crippen LogP contribution in [-0.2, 0) is 9.53 Å². The van der Waals surface area contributed by atoms with Crippen molar-refractivity contribution >= 4 is 32.9 Å². The SMILES string of the molecule is CCCOC(=O)[C@H](CC)Oc1ccc2c(=O)c(Oc3ccccc3Br)coc2c1. The number of hydrogen-bond acceptors (Lipinski definition) is 6. The summed E-state index contributed by atoms with van der Waals surface area (Å²) in [4.78, 5) is 24.8. The molecule has 1 atom stereocenters. The summed E-state index contributed by atoms with van der Waals surface area (Å²) >= 11 is 3.38. The van der Waals surface area contributed by atoms with Gasteiger partial charge in [-0.25, -0.2) is 4.79 Å². The second-order valence-electron chi connectivity index (χ2n) is 6.30. The molecular formula is C22H21BrO6. The molecule has 6 nitrogen and oxygen atoms in total. The highest BCUT2D eigenvalue weighted by Gasteiger charge is 2.20. The summed E-state index contributed by atoms with van der Waals surface area (Å²) in [5.74, 6) is 0.594. The van der Waals surface area contributed by atoms with Gasteiger partial charge in [-0.1, -0.05) is 26.0 Å². The van der Waals surface area contributed by atoms with Crippen LogP contribution in [0.1, 0.15) is 26.7 Å². The molecule has 0 aliphatic carbocycles. The normalized spacial score (nSPS) is 11.8. The fraction of sp³-hybridized carbons (Fsp3) is 0.273. The van der Waals surface area contributed by atoms with Crippen molar-refractivity contribution in [3.05, 3.63) is 63.4 Å². The molecule has 0 radical (unpaired) electrons. The highest BCUT2D eigenvalue weighted by Crippen LogP contribution is 2.29. The summed E-state index contributed by atoms with van der Waals surface area (Å²) in [6.45, 7) is 4.12. The molecule has 0 aliphatic heterocycles. The van der Waals surface area contributed by atoms with E-state index in [1.165, 1.54) is 6.26 Å². The summed E-state index contributed by atoms with van der Waals surface area (Å²) in [5, 5.41) is 0.350. The van der Waals surface area contributed by atoms with Gasteiger partial charge < -0.3 is 18.6 Å². The van der Waals surface area contributed by atoms with Crippen LogP contribution in [0.2, 0.25) is 0 Å². The number of esters is 1. The van der Waals surface area contributed by atoms with Crippen LogP contribution in [0.15, 0.2) is 62.4 Å². The van der Waals surface area contributed by atoms with Crippen LogP contribution in [0.5, 0.6) is 17.2 Å². The third kappa shape index (κ3) is 4.98. The van der Waals surface area contributed by atoms with Gasteiger partial charge in [0.2, 0.25) is 11.2 Å². The molecule has 0 fully saturated rings. The standard InChI is InChI=1S/C22H21BrO6/c1-3-11-26-22(25)17(4-2)28-14-9-10-15-19(12-14)27-13-20(21(15)24)29-18-8-6-5-7-16(18)23/h5-10,12-13,17H,3-4,11H2,1-2H3/t17-/m0/s1. The van der Waals surface area contributed by atoms with Crippen molar-refractivity contribution in [1.29, 1.82) is 0 Å². The van der Waals surface area contributed by atoms with Crippen molar-refractivity contribution in [2.75, 3.05) is 6.61 Å². The molecular weight excluding hydrogens is 440 g/mol. The van der Waals surface area contributed by atoms with Gasteiger partial charge in [-0.15, -0.1) is 0 Å². The Bertz CT molecular complexity index is 1060. The molecule has 3 rings (SSSR count). The lowest BCUT2D eigenvalue weighted by molar-refractivity contribution is -0.152. The van der Waals surface area contributed by atoms with Crippen LogP contribution in [0.3, 0.4) is 0 Å². The van der Waals surface area contributed by atoms with E-state index < -0.39 is 12.1 Å². The van der Waals surface area contributed by atoms with Crippen LogP contribution < -0.4 is 14.9 Å². The minimum absolute atomic E-state index is 0.0765. The zero-order valence-electron chi connectivity index (χ0n) is 16.1. The van der Waals surface area contributed by atoms with Crippen molar-refractivity contribution < 1.29 is 23.4 Å². The van der Waals surface area contributed by atoms with E-state index in [4.69, 9.17) is 18.6 Å². The highest BCUT2D eigenvalue weighted by atomic mass is 79.9. The van der Waals surface area contributed by atoms with Gasteiger partial charge in [0, 0.05) is 6.07 Å². The van der Waals surface area contributed by atoms with Crippen LogP contribution in [-0.4, -0.2) is 18.7 Å². The van der Waals surface area contributed by atoms with Crippen molar-refractivity contribution in [2.24, 2.45) is 0 Å². The Hall–Kier alpha value is -2.80. The zero-order valence-corrected chi connectivity index (χ0v) is 17.7. The molecule has 0 saturated heterocycles. The fourth-order valence-corrected chi connectivity index (χ4v) is 3.00. The monoisotopic (exact) mass is 460 g/mol. The number of para-hydroxylation sites is 1. The molecule has 0 amide bonds. The molecule has 7 heteroatoms. The average molecular weight is 461 g/mol. The number of halogens is 1. The predicted molar refractivity (Wildman–Crippen MR) is 113 cm³/mol. The van der Waals surface area contributed by atoms with E-state index in [1.54, 1.807) is 24.3 Å². The lowest BCUT2D eigenvalue weighted by Crippen LogP contribution is -2.28. The van der Waals surface area contributed by atoms with Crippen molar-refractivity contribution in [3.63, 3.8) is 0 Å². The van der Waals surface area contributed by atoms with Gasteiger partial charge in [-0.2, -0.15) is 0 Å². The van der Waals surface area contributed by atoms with Gasteiger partial charge in [-0.3, -0.25) is 4.79 Å². The number of fused-ring (bicyclic) bond motifs is 1. The second kappa shape index (κ2) is 9.60. The maximum absolute atomic E-state index is 12.7. The second-order valence-corrected chi connectivity index (χ2v) is 7.16. The van der Waals surface area contributed by atoms with Gasteiger partial charge in [0.1, 0.15) is 23.3 Å². The molecule has 0 unspecified atom stereocenters. The molecule has 0 bridgehead atoms. The predicted octanol–water partition coefficient (Wildman–Crippen LogP) is 5.46. The number of carbonyl (C=O) groups is 1. The third-order valence-electron chi connectivity index (χ3n) is 4.13. The van der Waals surface area contributed by atoms with E-state index in [0.717, 1.165) is 10.9 Å². The Labute approximate surface area is 176 Å². The number of rotatable bonds is 8. The molecule has 1 heterocycles. The van der Waals surface area contributed by atoms with E-state index in [1.807, 2.05) is 32.0 Å². The van der Waals surface area contributed by atoms with Crippen LogP contribution in [0.25, 0.3) is 11.0 Å². The zero-order chi connectivity index (χ0) is 20.8. The maximum Gasteiger partial charge on any atom is 0.347 e. The Morgan fingerprint density at radius 1 is 1.14 bits per heavy atom. The Morgan fingerprint density at radius 2 is 1.93 bits per heavy atom.